The molecule has 0 heterocycles. The van der Waals surface area contributed by atoms with E-state index in [0.717, 1.165) is 17.3 Å². The number of hydrogen-bond acceptors (Lipinski definition) is 0. The van der Waals surface area contributed by atoms with Gasteiger partial charge in [-0.2, -0.15) is 0 Å². The third-order valence-electron chi connectivity index (χ3n) is 3.60. The van der Waals surface area contributed by atoms with Gasteiger partial charge in [-0.15, -0.1) is 0 Å². The molecule has 0 spiro atoms. The highest BCUT2D eigenvalue weighted by Crippen LogP contribution is 2.83. The zero-order valence-corrected chi connectivity index (χ0v) is 7.35. The highest BCUT2D eigenvalue weighted by atomic mass is 14.8. The van der Waals surface area contributed by atoms with E-state index < -0.39 is 0 Å². The Morgan fingerprint density at radius 1 is 1.50 bits per heavy atom. The molecule has 0 saturated heterocycles. The normalized spacial score (nSPS) is 49.2. The molecule has 0 heteroatoms. The molecule has 58 valence electrons. The first-order valence-electron chi connectivity index (χ1n) is 4.72. The predicted octanol–water partition coefficient (Wildman–Crippen LogP) is 3.08. The monoisotopic (exact) mass is 138 g/mol. The molecule has 0 aliphatic heterocycles. The molecule has 2 aliphatic rings. The topological polar surface area (TPSA) is 0 Å². The van der Waals surface area contributed by atoms with Gasteiger partial charge in [-0.1, -0.05) is 27.2 Å². The molecule has 0 radical (unpaired) electrons. The Kier molecular flexibility index (Phi) is 1.19. The van der Waals surface area contributed by atoms with Crippen molar-refractivity contribution in [3.63, 3.8) is 0 Å². The van der Waals surface area contributed by atoms with Crippen LogP contribution in [-0.2, 0) is 0 Å². The summed E-state index contributed by atoms with van der Waals surface area (Å²) in [6.07, 6.45) is 4.49. The van der Waals surface area contributed by atoms with Crippen LogP contribution < -0.4 is 0 Å². The lowest BCUT2D eigenvalue weighted by atomic mass is 9.92. The smallest absolute Gasteiger partial charge is 0.0230 e. The van der Waals surface area contributed by atoms with E-state index in [2.05, 4.69) is 20.8 Å². The van der Waals surface area contributed by atoms with Gasteiger partial charge in [0.05, 0.1) is 0 Å². The zero-order chi connectivity index (χ0) is 7.35. The van der Waals surface area contributed by atoms with Crippen molar-refractivity contribution in [2.75, 3.05) is 0 Å². The van der Waals surface area contributed by atoms with Crippen LogP contribution in [0.15, 0.2) is 0 Å². The fourth-order valence-electron chi connectivity index (χ4n) is 3.11. The summed E-state index contributed by atoms with van der Waals surface area (Å²) in [5.74, 6) is 3.27. The Hall–Kier alpha value is 0. The fourth-order valence-corrected chi connectivity index (χ4v) is 3.11. The summed E-state index contributed by atoms with van der Waals surface area (Å²) >= 11 is 0. The molecule has 0 bridgehead atoms. The molecular weight excluding hydrogens is 120 g/mol. The summed E-state index contributed by atoms with van der Waals surface area (Å²) < 4.78 is 0. The number of fused-ring (bicyclic) bond motifs is 1. The Bertz CT molecular complexity index is 148. The minimum absolute atomic E-state index is 0.906. The number of rotatable bonds is 3. The highest BCUT2D eigenvalue weighted by Gasteiger charge is 2.77. The second kappa shape index (κ2) is 1.78. The lowest BCUT2D eigenvalue weighted by Crippen LogP contribution is -2.05. The minimum atomic E-state index is 0.906. The van der Waals surface area contributed by atoms with Crippen molar-refractivity contribution in [3.05, 3.63) is 0 Å². The SMILES string of the molecule is CCCC12CC1C2C(C)C. The van der Waals surface area contributed by atoms with Gasteiger partial charge in [-0.05, 0) is 36.0 Å². The molecule has 0 amide bonds. The summed E-state index contributed by atoms with van der Waals surface area (Å²) in [7, 11) is 0. The lowest BCUT2D eigenvalue weighted by molar-refractivity contribution is 0.362. The molecule has 0 nitrogen and oxygen atoms in total. The summed E-state index contributed by atoms with van der Waals surface area (Å²) in [4.78, 5) is 0. The van der Waals surface area contributed by atoms with Crippen LogP contribution in [0, 0.1) is 23.2 Å². The molecule has 0 aromatic carbocycles. The average Bonchev–Trinajstić information content (AvgIpc) is 2.52. The van der Waals surface area contributed by atoms with Crippen molar-refractivity contribution < 1.29 is 0 Å². The highest BCUT2D eigenvalue weighted by molar-refractivity contribution is 5.25. The van der Waals surface area contributed by atoms with E-state index >= 15 is 0 Å². The Balaban J connectivity index is 1.89. The first kappa shape index (κ1) is 6.69. The van der Waals surface area contributed by atoms with E-state index in [1.807, 2.05) is 0 Å². The predicted molar refractivity (Wildman–Crippen MR) is 43.8 cm³/mol. The van der Waals surface area contributed by atoms with Crippen molar-refractivity contribution in [2.24, 2.45) is 23.2 Å². The Morgan fingerprint density at radius 2 is 2.20 bits per heavy atom. The molecule has 3 atom stereocenters. The summed E-state index contributed by atoms with van der Waals surface area (Å²) in [5, 5.41) is 0. The van der Waals surface area contributed by atoms with Crippen LogP contribution in [0.2, 0.25) is 0 Å². The second-order valence-electron chi connectivity index (χ2n) is 4.56. The molecule has 0 aromatic heterocycles. The van der Waals surface area contributed by atoms with E-state index in [1.165, 1.54) is 18.8 Å². The molecular formula is C10H18. The molecule has 0 N–H and O–H groups in total. The maximum absolute atomic E-state index is 2.38. The van der Waals surface area contributed by atoms with E-state index in [-0.39, 0.29) is 0 Å². The van der Waals surface area contributed by atoms with Crippen molar-refractivity contribution >= 4 is 0 Å². The maximum atomic E-state index is 2.38. The van der Waals surface area contributed by atoms with Gasteiger partial charge in [-0.25, -0.2) is 0 Å². The lowest BCUT2D eigenvalue weighted by Gasteiger charge is -2.13. The Morgan fingerprint density at radius 3 is 2.50 bits per heavy atom. The first-order valence-corrected chi connectivity index (χ1v) is 4.72. The Labute approximate surface area is 64.0 Å². The van der Waals surface area contributed by atoms with E-state index in [1.54, 1.807) is 6.42 Å². The van der Waals surface area contributed by atoms with Crippen LogP contribution in [0.4, 0.5) is 0 Å². The largest absolute Gasteiger partial charge is 0.0654 e. The maximum Gasteiger partial charge on any atom is -0.0230 e. The zero-order valence-electron chi connectivity index (χ0n) is 7.35. The van der Waals surface area contributed by atoms with Crippen LogP contribution in [0.3, 0.4) is 0 Å². The van der Waals surface area contributed by atoms with Gasteiger partial charge < -0.3 is 0 Å². The second-order valence-corrected chi connectivity index (χ2v) is 4.56. The summed E-state index contributed by atoms with van der Waals surface area (Å²) in [5.41, 5.74) is 0.906. The third kappa shape index (κ3) is 0.627. The van der Waals surface area contributed by atoms with E-state index in [4.69, 9.17) is 0 Å². The standard InChI is InChI=1S/C10H18/c1-4-5-10-6-8(10)9(10)7(2)3/h7-9H,4-6H2,1-3H3. The molecule has 2 saturated carbocycles. The van der Waals surface area contributed by atoms with Gasteiger partial charge >= 0.3 is 0 Å². The van der Waals surface area contributed by atoms with Gasteiger partial charge in [0.2, 0.25) is 0 Å². The molecule has 0 aromatic rings. The van der Waals surface area contributed by atoms with Crippen LogP contribution >= 0.6 is 0 Å². The number of hydrogen-bond donors (Lipinski definition) is 0. The first-order chi connectivity index (χ1) is 4.72. The van der Waals surface area contributed by atoms with Crippen LogP contribution in [0.25, 0.3) is 0 Å². The molecule has 2 aliphatic carbocycles. The molecule has 10 heavy (non-hydrogen) atoms. The van der Waals surface area contributed by atoms with E-state index in [0.29, 0.717) is 0 Å². The van der Waals surface area contributed by atoms with Crippen LogP contribution in [-0.4, -0.2) is 0 Å². The third-order valence-corrected chi connectivity index (χ3v) is 3.60. The van der Waals surface area contributed by atoms with Crippen molar-refractivity contribution in [2.45, 2.75) is 40.0 Å². The molecule has 2 rings (SSSR count). The van der Waals surface area contributed by atoms with Gasteiger partial charge in [0.15, 0.2) is 0 Å². The van der Waals surface area contributed by atoms with Crippen LogP contribution in [0.1, 0.15) is 40.0 Å². The van der Waals surface area contributed by atoms with E-state index in [9.17, 15) is 0 Å². The molecule has 2 fully saturated rings. The van der Waals surface area contributed by atoms with Gasteiger partial charge in [-0.3, -0.25) is 0 Å². The van der Waals surface area contributed by atoms with Gasteiger partial charge in [0.25, 0.3) is 0 Å². The minimum Gasteiger partial charge on any atom is -0.0654 e. The summed E-state index contributed by atoms with van der Waals surface area (Å²) in [6.45, 7) is 7.09. The summed E-state index contributed by atoms with van der Waals surface area (Å²) in [6, 6.07) is 0. The van der Waals surface area contributed by atoms with Crippen molar-refractivity contribution in [1.29, 1.82) is 0 Å². The average molecular weight is 138 g/mol. The van der Waals surface area contributed by atoms with Crippen LogP contribution in [0.5, 0.6) is 0 Å². The molecule has 3 unspecified atom stereocenters. The van der Waals surface area contributed by atoms with Crippen molar-refractivity contribution in [3.8, 4) is 0 Å². The van der Waals surface area contributed by atoms with Gasteiger partial charge in [0.1, 0.15) is 0 Å². The van der Waals surface area contributed by atoms with Gasteiger partial charge in [0, 0.05) is 0 Å². The fraction of sp³-hybridized carbons (Fsp3) is 1.00. The quantitative estimate of drug-likeness (QED) is 0.562. The van der Waals surface area contributed by atoms with Crippen molar-refractivity contribution in [1.82, 2.24) is 0 Å².